The van der Waals surface area contributed by atoms with Gasteiger partial charge in [0.05, 0.1) is 12.8 Å². The predicted octanol–water partition coefficient (Wildman–Crippen LogP) is 5.72. The van der Waals surface area contributed by atoms with Crippen molar-refractivity contribution in [1.82, 2.24) is 0 Å². The Morgan fingerprint density at radius 2 is 1.84 bits per heavy atom. The number of ether oxygens (including phenoxy) is 2. The molecule has 0 unspecified atom stereocenters. The average molecular weight is 481 g/mol. The largest absolute Gasteiger partial charge is 0.493 e. The Morgan fingerprint density at radius 3 is 2.52 bits per heavy atom. The Hall–Kier alpha value is -3.63. The van der Waals surface area contributed by atoms with Crippen LogP contribution in [-0.4, -0.2) is 13.0 Å². The molecule has 3 rings (SSSR count). The number of methoxy groups -OCH3 is 1. The van der Waals surface area contributed by atoms with E-state index in [4.69, 9.17) is 9.47 Å². The Balaban J connectivity index is 1.83. The van der Waals surface area contributed by atoms with Gasteiger partial charge in [0, 0.05) is 4.47 Å². The summed E-state index contributed by atoms with van der Waals surface area (Å²) >= 11 is 3.44. The van der Waals surface area contributed by atoms with E-state index in [1.54, 1.807) is 18.2 Å². The van der Waals surface area contributed by atoms with E-state index < -0.39 is 11.7 Å². The van der Waals surface area contributed by atoms with Crippen LogP contribution in [-0.2, 0) is 11.4 Å². The second kappa shape index (κ2) is 10.4. The number of carbonyl (C=O) groups excluding carboxylic acids is 1. The van der Waals surface area contributed by atoms with Crippen LogP contribution < -0.4 is 14.8 Å². The van der Waals surface area contributed by atoms with E-state index in [9.17, 15) is 14.4 Å². The Bertz CT molecular complexity index is 1160. The summed E-state index contributed by atoms with van der Waals surface area (Å²) < 4.78 is 25.7. The average Bonchev–Trinajstić information content (AvgIpc) is 2.79. The minimum absolute atomic E-state index is 0.00467. The highest BCUT2D eigenvalue weighted by atomic mass is 79.9. The molecule has 0 heterocycles. The van der Waals surface area contributed by atoms with Gasteiger partial charge in [-0.15, -0.1) is 0 Å². The van der Waals surface area contributed by atoms with E-state index >= 15 is 0 Å². The van der Waals surface area contributed by atoms with E-state index in [0.29, 0.717) is 28.1 Å². The maximum atomic E-state index is 13.8. The van der Waals surface area contributed by atoms with E-state index in [1.807, 2.05) is 36.4 Å². The van der Waals surface area contributed by atoms with Crippen LogP contribution in [0, 0.1) is 17.1 Å². The smallest absolute Gasteiger partial charge is 0.266 e. The summed E-state index contributed by atoms with van der Waals surface area (Å²) in [5, 5.41) is 11.8. The lowest BCUT2D eigenvalue weighted by Crippen LogP contribution is -2.14. The highest BCUT2D eigenvalue weighted by Crippen LogP contribution is 2.35. The van der Waals surface area contributed by atoms with Crippen LogP contribution in [0.4, 0.5) is 10.1 Å². The number of benzene rings is 3. The van der Waals surface area contributed by atoms with Gasteiger partial charge in [-0.05, 0) is 41.5 Å². The fraction of sp³-hybridized carbons (Fsp3) is 0.0833. The van der Waals surface area contributed by atoms with Gasteiger partial charge < -0.3 is 14.8 Å². The third kappa shape index (κ3) is 5.71. The number of amides is 1. The SMILES string of the molecule is COc1cc(/C=C(\C#N)C(=O)Nc2ccccc2F)c(Br)cc1OCc1ccccc1. The maximum absolute atomic E-state index is 13.8. The second-order valence-electron chi connectivity index (χ2n) is 6.40. The number of nitrogens with one attached hydrogen (secondary N) is 1. The van der Waals surface area contributed by atoms with Crippen LogP contribution >= 0.6 is 15.9 Å². The van der Waals surface area contributed by atoms with E-state index in [0.717, 1.165) is 5.56 Å². The zero-order chi connectivity index (χ0) is 22.2. The first-order chi connectivity index (χ1) is 15.0. The van der Waals surface area contributed by atoms with Crippen molar-refractivity contribution in [2.24, 2.45) is 0 Å². The topological polar surface area (TPSA) is 71.3 Å². The summed E-state index contributed by atoms with van der Waals surface area (Å²) in [6.45, 7) is 0.354. The number of hydrogen-bond acceptors (Lipinski definition) is 4. The van der Waals surface area contributed by atoms with Gasteiger partial charge in [0.15, 0.2) is 11.5 Å². The number of para-hydroxylation sites is 1. The van der Waals surface area contributed by atoms with Gasteiger partial charge in [-0.25, -0.2) is 4.39 Å². The molecule has 0 radical (unpaired) electrons. The first kappa shape index (κ1) is 22.1. The van der Waals surface area contributed by atoms with Crippen LogP contribution in [0.15, 0.2) is 76.8 Å². The number of carbonyl (C=O) groups is 1. The molecule has 0 atom stereocenters. The van der Waals surface area contributed by atoms with Crippen molar-refractivity contribution in [3.05, 3.63) is 93.7 Å². The summed E-state index contributed by atoms with van der Waals surface area (Å²) in [5.74, 6) is -0.361. The molecule has 1 N–H and O–H groups in total. The van der Waals surface area contributed by atoms with Crippen LogP contribution in [0.3, 0.4) is 0 Å². The Kier molecular flexibility index (Phi) is 7.41. The molecule has 3 aromatic rings. The molecule has 5 nitrogen and oxygen atoms in total. The molecule has 0 aliphatic heterocycles. The van der Waals surface area contributed by atoms with Crippen molar-refractivity contribution < 1.29 is 18.7 Å². The predicted molar refractivity (Wildman–Crippen MR) is 120 cm³/mol. The summed E-state index contributed by atoms with van der Waals surface area (Å²) in [4.78, 5) is 12.5. The van der Waals surface area contributed by atoms with Gasteiger partial charge in [-0.3, -0.25) is 4.79 Å². The molecular weight excluding hydrogens is 463 g/mol. The molecule has 0 saturated carbocycles. The highest BCUT2D eigenvalue weighted by Gasteiger charge is 2.15. The van der Waals surface area contributed by atoms with Crippen molar-refractivity contribution >= 4 is 33.6 Å². The lowest BCUT2D eigenvalue weighted by atomic mass is 10.1. The van der Waals surface area contributed by atoms with Gasteiger partial charge in [-0.2, -0.15) is 5.26 Å². The van der Waals surface area contributed by atoms with Crippen LogP contribution in [0.25, 0.3) is 6.08 Å². The lowest BCUT2D eigenvalue weighted by Gasteiger charge is -2.13. The van der Waals surface area contributed by atoms with E-state index in [2.05, 4.69) is 21.2 Å². The molecule has 0 aliphatic carbocycles. The van der Waals surface area contributed by atoms with Gasteiger partial charge in [0.2, 0.25) is 0 Å². The molecule has 0 saturated heterocycles. The standard InChI is InChI=1S/C24H18BrFN2O3/c1-30-22-12-17(19(25)13-23(22)31-15-16-7-3-2-4-8-16)11-18(14-27)24(29)28-21-10-6-5-9-20(21)26/h2-13H,15H2,1H3,(H,28,29)/b18-11+. The molecule has 31 heavy (non-hydrogen) atoms. The minimum atomic E-state index is -0.720. The molecule has 156 valence electrons. The number of rotatable bonds is 7. The van der Waals surface area contributed by atoms with Crippen molar-refractivity contribution in [3.8, 4) is 17.6 Å². The van der Waals surface area contributed by atoms with Crippen molar-refractivity contribution in [3.63, 3.8) is 0 Å². The molecular formula is C24H18BrFN2O3. The van der Waals surface area contributed by atoms with E-state index in [1.165, 1.54) is 31.4 Å². The van der Waals surface area contributed by atoms with Gasteiger partial charge in [-0.1, -0.05) is 58.4 Å². The summed E-state index contributed by atoms with van der Waals surface area (Å²) in [6, 6.07) is 20.6. The lowest BCUT2D eigenvalue weighted by molar-refractivity contribution is -0.112. The number of hydrogen-bond donors (Lipinski definition) is 1. The normalized spacial score (nSPS) is 10.8. The zero-order valence-electron chi connectivity index (χ0n) is 16.6. The monoisotopic (exact) mass is 480 g/mol. The molecule has 7 heteroatoms. The second-order valence-corrected chi connectivity index (χ2v) is 7.26. The molecule has 1 amide bonds. The summed E-state index contributed by atoms with van der Waals surface area (Å²) in [6.07, 6.45) is 1.39. The molecule has 0 bridgehead atoms. The van der Waals surface area contributed by atoms with Crippen molar-refractivity contribution in [1.29, 1.82) is 5.26 Å². The zero-order valence-corrected chi connectivity index (χ0v) is 18.1. The minimum Gasteiger partial charge on any atom is -0.493 e. The Labute approximate surface area is 187 Å². The van der Waals surface area contributed by atoms with Crippen LogP contribution in [0.1, 0.15) is 11.1 Å². The first-order valence-corrected chi connectivity index (χ1v) is 10.0. The molecule has 0 aliphatic rings. The third-order valence-electron chi connectivity index (χ3n) is 4.31. The van der Waals surface area contributed by atoms with E-state index in [-0.39, 0.29) is 11.3 Å². The number of nitrogens with zero attached hydrogens (tertiary/aromatic N) is 1. The molecule has 0 fully saturated rings. The summed E-state index contributed by atoms with van der Waals surface area (Å²) in [7, 11) is 1.50. The highest BCUT2D eigenvalue weighted by molar-refractivity contribution is 9.10. The van der Waals surface area contributed by atoms with Crippen LogP contribution in [0.2, 0.25) is 0 Å². The molecule has 0 aromatic heterocycles. The van der Waals surface area contributed by atoms with Gasteiger partial charge in [0.1, 0.15) is 24.1 Å². The van der Waals surface area contributed by atoms with Crippen LogP contribution in [0.5, 0.6) is 11.5 Å². The summed E-state index contributed by atoms with van der Waals surface area (Å²) in [5.41, 5.74) is 1.34. The third-order valence-corrected chi connectivity index (χ3v) is 4.99. The first-order valence-electron chi connectivity index (χ1n) is 9.23. The molecule has 0 spiro atoms. The fourth-order valence-electron chi connectivity index (χ4n) is 2.73. The number of halogens is 2. The maximum Gasteiger partial charge on any atom is 0.266 e. The van der Waals surface area contributed by atoms with Gasteiger partial charge >= 0.3 is 0 Å². The fourth-order valence-corrected chi connectivity index (χ4v) is 3.16. The molecule has 3 aromatic carbocycles. The Morgan fingerprint density at radius 1 is 1.13 bits per heavy atom. The quantitative estimate of drug-likeness (QED) is 0.346. The van der Waals surface area contributed by atoms with Gasteiger partial charge in [0.25, 0.3) is 5.91 Å². The number of anilines is 1. The van der Waals surface area contributed by atoms with Crippen molar-refractivity contribution in [2.75, 3.05) is 12.4 Å². The number of nitriles is 1. The van der Waals surface area contributed by atoms with Crippen molar-refractivity contribution in [2.45, 2.75) is 6.61 Å².